The first kappa shape index (κ1) is 13.6. The van der Waals surface area contributed by atoms with Gasteiger partial charge in [0.25, 0.3) is 0 Å². The molecule has 2 saturated heterocycles. The van der Waals surface area contributed by atoms with Crippen LogP contribution >= 0.6 is 15.9 Å². The van der Waals surface area contributed by atoms with Crippen molar-refractivity contribution in [1.82, 2.24) is 4.31 Å². The molecule has 19 heavy (non-hydrogen) atoms. The number of nitrogens with zero attached hydrogens (tertiary/aromatic N) is 1. The average molecular weight is 344 g/mol. The van der Waals surface area contributed by atoms with Crippen molar-refractivity contribution in [2.24, 2.45) is 0 Å². The number of hydrogen-bond donors (Lipinski definition) is 0. The Bertz CT molecular complexity index is 573. The molecule has 104 valence electrons. The Morgan fingerprint density at radius 3 is 2.42 bits per heavy atom. The van der Waals surface area contributed by atoms with Gasteiger partial charge in [0.2, 0.25) is 10.0 Å². The van der Waals surface area contributed by atoms with Crippen molar-refractivity contribution in [2.45, 2.75) is 54.4 Å². The van der Waals surface area contributed by atoms with Gasteiger partial charge in [0.1, 0.15) is 0 Å². The number of hydrogen-bond acceptors (Lipinski definition) is 2. The van der Waals surface area contributed by atoms with E-state index in [2.05, 4.69) is 15.9 Å². The molecule has 2 atom stereocenters. The number of benzene rings is 1. The summed E-state index contributed by atoms with van der Waals surface area (Å²) in [5.74, 6) is 0. The van der Waals surface area contributed by atoms with Gasteiger partial charge in [0.15, 0.2) is 0 Å². The lowest BCUT2D eigenvalue weighted by Crippen LogP contribution is -2.46. The lowest BCUT2D eigenvalue weighted by molar-refractivity contribution is 0.255. The molecule has 0 N–H and O–H groups in total. The van der Waals surface area contributed by atoms with Gasteiger partial charge in [-0.2, -0.15) is 4.31 Å². The van der Waals surface area contributed by atoms with E-state index in [0.29, 0.717) is 9.72 Å². The summed E-state index contributed by atoms with van der Waals surface area (Å²) in [5.41, 5.74) is 0.990. The Morgan fingerprint density at radius 2 is 1.84 bits per heavy atom. The minimum Gasteiger partial charge on any atom is -0.207 e. The molecule has 2 heterocycles. The number of alkyl halides is 1. The second-order valence-electron chi connectivity index (χ2n) is 5.61. The summed E-state index contributed by atoms with van der Waals surface area (Å²) in [7, 11) is -3.33. The number of rotatable bonds is 2. The van der Waals surface area contributed by atoms with Gasteiger partial charge in [-0.05, 0) is 50.3 Å². The van der Waals surface area contributed by atoms with E-state index in [1.54, 1.807) is 16.4 Å². The molecule has 0 spiro atoms. The van der Waals surface area contributed by atoms with Crippen LogP contribution in [-0.2, 0) is 10.0 Å². The van der Waals surface area contributed by atoms with Gasteiger partial charge in [-0.1, -0.05) is 28.1 Å². The van der Waals surface area contributed by atoms with Crippen LogP contribution < -0.4 is 0 Å². The second-order valence-corrected chi connectivity index (χ2v) is 8.74. The molecule has 0 aliphatic carbocycles. The lowest BCUT2D eigenvalue weighted by Gasteiger charge is -2.36. The van der Waals surface area contributed by atoms with Crippen molar-refractivity contribution < 1.29 is 8.42 Å². The van der Waals surface area contributed by atoms with Gasteiger partial charge in [0.05, 0.1) is 4.90 Å². The van der Waals surface area contributed by atoms with E-state index in [9.17, 15) is 8.42 Å². The molecule has 1 aromatic rings. The molecular weight excluding hydrogens is 326 g/mol. The van der Waals surface area contributed by atoms with Crippen LogP contribution in [-0.4, -0.2) is 29.6 Å². The van der Waals surface area contributed by atoms with Crippen LogP contribution in [0.5, 0.6) is 0 Å². The monoisotopic (exact) mass is 343 g/mol. The SMILES string of the molecule is Cc1cccc(S(=O)(=O)N2C3CCC2CC(Br)C3)c1. The van der Waals surface area contributed by atoms with E-state index in [0.717, 1.165) is 31.2 Å². The van der Waals surface area contributed by atoms with E-state index in [4.69, 9.17) is 0 Å². The first-order valence-electron chi connectivity index (χ1n) is 6.73. The molecule has 2 unspecified atom stereocenters. The predicted molar refractivity (Wildman–Crippen MR) is 79.0 cm³/mol. The van der Waals surface area contributed by atoms with Crippen molar-refractivity contribution in [3.8, 4) is 0 Å². The van der Waals surface area contributed by atoms with Crippen molar-refractivity contribution >= 4 is 26.0 Å². The van der Waals surface area contributed by atoms with Crippen molar-refractivity contribution in [2.75, 3.05) is 0 Å². The highest BCUT2D eigenvalue weighted by molar-refractivity contribution is 9.09. The lowest BCUT2D eigenvalue weighted by atomic mass is 10.1. The van der Waals surface area contributed by atoms with Crippen LogP contribution in [0.25, 0.3) is 0 Å². The van der Waals surface area contributed by atoms with Gasteiger partial charge in [-0.15, -0.1) is 0 Å². The first-order chi connectivity index (χ1) is 8.98. The summed E-state index contributed by atoms with van der Waals surface area (Å²) in [6, 6.07) is 7.58. The van der Waals surface area contributed by atoms with E-state index >= 15 is 0 Å². The Kier molecular flexibility index (Phi) is 3.48. The maximum absolute atomic E-state index is 12.8. The summed E-state index contributed by atoms with van der Waals surface area (Å²) in [4.78, 5) is 0.909. The average Bonchev–Trinajstić information content (AvgIpc) is 2.63. The van der Waals surface area contributed by atoms with Crippen molar-refractivity contribution in [3.05, 3.63) is 29.8 Å². The third kappa shape index (κ3) is 2.36. The molecule has 2 aliphatic heterocycles. The third-order valence-electron chi connectivity index (χ3n) is 4.17. The molecule has 2 fully saturated rings. The number of piperidine rings is 1. The Morgan fingerprint density at radius 1 is 1.21 bits per heavy atom. The summed E-state index contributed by atoms with van der Waals surface area (Å²) >= 11 is 3.65. The molecule has 0 radical (unpaired) electrons. The summed E-state index contributed by atoms with van der Waals surface area (Å²) < 4.78 is 27.4. The summed E-state index contributed by atoms with van der Waals surface area (Å²) in [6.07, 6.45) is 3.86. The zero-order valence-corrected chi connectivity index (χ0v) is 13.3. The smallest absolute Gasteiger partial charge is 0.207 e. The zero-order chi connectivity index (χ0) is 13.6. The first-order valence-corrected chi connectivity index (χ1v) is 9.08. The van der Waals surface area contributed by atoms with Crippen LogP contribution in [0.1, 0.15) is 31.2 Å². The molecule has 0 saturated carbocycles. The van der Waals surface area contributed by atoms with Gasteiger partial charge in [-0.25, -0.2) is 8.42 Å². The normalized spacial score (nSPS) is 31.6. The molecule has 3 rings (SSSR count). The molecule has 5 heteroatoms. The Balaban J connectivity index is 1.98. The maximum Gasteiger partial charge on any atom is 0.243 e. The minimum absolute atomic E-state index is 0.175. The van der Waals surface area contributed by atoms with Crippen molar-refractivity contribution in [1.29, 1.82) is 0 Å². The van der Waals surface area contributed by atoms with Gasteiger partial charge < -0.3 is 0 Å². The highest BCUT2D eigenvalue weighted by Gasteiger charge is 2.46. The summed E-state index contributed by atoms with van der Waals surface area (Å²) in [6.45, 7) is 1.93. The topological polar surface area (TPSA) is 37.4 Å². The van der Waals surface area contributed by atoms with E-state index in [-0.39, 0.29) is 12.1 Å². The molecule has 3 nitrogen and oxygen atoms in total. The highest BCUT2D eigenvalue weighted by atomic mass is 79.9. The van der Waals surface area contributed by atoms with Gasteiger partial charge >= 0.3 is 0 Å². The summed E-state index contributed by atoms with van der Waals surface area (Å²) in [5, 5.41) is 0. The van der Waals surface area contributed by atoms with Crippen molar-refractivity contribution in [3.63, 3.8) is 0 Å². The molecule has 1 aromatic carbocycles. The third-order valence-corrected chi connectivity index (χ3v) is 6.92. The molecule has 2 aliphatic rings. The molecule has 0 aromatic heterocycles. The van der Waals surface area contributed by atoms with E-state index in [1.165, 1.54) is 0 Å². The maximum atomic E-state index is 12.8. The van der Waals surface area contributed by atoms with E-state index < -0.39 is 10.0 Å². The standard InChI is InChI=1S/C14H18BrNO2S/c1-10-3-2-4-14(7-10)19(17,18)16-12-5-6-13(16)9-11(15)8-12/h2-4,7,11-13H,5-6,8-9H2,1H3. The fraction of sp³-hybridized carbons (Fsp3) is 0.571. The second kappa shape index (κ2) is 4.86. The largest absolute Gasteiger partial charge is 0.243 e. The van der Waals surface area contributed by atoms with Crippen LogP contribution in [0.2, 0.25) is 0 Å². The number of halogens is 1. The van der Waals surface area contributed by atoms with Crippen LogP contribution in [0.3, 0.4) is 0 Å². The minimum atomic E-state index is -3.33. The van der Waals surface area contributed by atoms with Crippen LogP contribution in [0.15, 0.2) is 29.2 Å². The predicted octanol–water partition coefficient (Wildman–Crippen LogP) is 3.07. The molecular formula is C14H18BrNO2S. The van der Waals surface area contributed by atoms with Crippen LogP contribution in [0, 0.1) is 6.92 Å². The highest BCUT2D eigenvalue weighted by Crippen LogP contribution is 2.41. The molecule has 0 amide bonds. The fourth-order valence-electron chi connectivity index (χ4n) is 3.36. The number of sulfonamides is 1. The number of aryl methyl sites for hydroxylation is 1. The Hall–Kier alpha value is -0.390. The Labute approximate surface area is 123 Å². The molecule has 2 bridgehead atoms. The van der Waals surface area contributed by atoms with Gasteiger partial charge in [-0.3, -0.25) is 0 Å². The quantitative estimate of drug-likeness (QED) is 0.774. The van der Waals surface area contributed by atoms with Crippen LogP contribution in [0.4, 0.5) is 0 Å². The van der Waals surface area contributed by atoms with E-state index in [1.807, 2.05) is 19.1 Å². The fourth-order valence-corrected chi connectivity index (χ4v) is 6.22. The zero-order valence-electron chi connectivity index (χ0n) is 10.9. The van der Waals surface area contributed by atoms with Gasteiger partial charge in [0, 0.05) is 16.9 Å². The number of fused-ring (bicyclic) bond motifs is 2.